The molecule has 1 heterocycles. The summed E-state index contributed by atoms with van der Waals surface area (Å²) in [5.74, 6) is 1.20. The Balaban J connectivity index is 1.74. The molecule has 5 heteroatoms. The first-order valence-electron chi connectivity index (χ1n) is 6.56. The molecule has 1 aromatic rings. The lowest BCUT2D eigenvalue weighted by atomic mass is 10.1. The number of rotatable bonds is 5. The summed E-state index contributed by atoms with van der Waals surface area (Å²) in [6.07, 6.45) is 1.39. The molecule has 2 N–H and O–H groups in total. The molecule has 2 rings (SSSR count). The minimum absolute atomic E-state index is 0.128. The molecule has 0 bridgehead atoms. The van der Waals surface area contributed by atoms with Crippen LogP contribution in [0.3, 0.4) is 0 Å². The lowest BCUT2D eigenvalue weighted by molar-refractivity contribution is -0.130. The maximum absolute atomic E-state index is 12.0. The van der Waals surface area contributed by atoms with Gasteiger partial charge in [-0.1, -0.05) is 23.7 Å². The highest BCUT2D eigenvalue weighted by molar-refractivity contribution is 6.32. The minimum Gasteiger partial charge on any atom is -0.491 e. The van der Waals surface area contributed by atoms with E-state index in [0.29, 0.717) is 36.3 Å². The minimum atomic E-state index is 0.128. The summed E-state index contributed by atoms with van der Waals surface area (Å²) >= 11 is 5.97. The number of hydrogen-bond acceptors (Lipinski definition) is 3. The Hall–Kier alpha value is -1.26. The number of nitrogens with zero attached hydrogens (tertiary/aromatic N) is 1. The number of benzene rings is 1. The van der Waals surface area contributed by atoms with Gasteiger partial charge >= 0.3 is 0 Å². The molecule has 1 amide bonds. The number of carbonyl (C=O) groups is 1. The van der Waals surface area contributed by atoms with E-state index in [4.69, 9.17) is 22.1 Å². The third-order valence-electron chi connectivity index (χ3n) is 3.38. The van der Waals surface area contributed by atoms with Gasteiger partial charge in [0.2, 0.25) is 5.91 Å². The highest BCUT2D eigenvalue weighted by Gasteiger charge is 2.24. The van der Waals surface area contributed by atoms with Gasteiger partial charge in [-0.05, 0) is 31.0 Å². The van der Waals surface area contributed by atoms with Gasteiger partial charge in [-0.2, -0.15) is 0 Å². The quantitative estimate of drug-likeness (QED) is 0.898. The lowest BCUT2D eigenvalue weighted by Crippen LogP contribution is -2.30. The first kappa shape index (κ1) is 14.2. The highest BCUT2D eigenvalue weighted by Crippen LogP contribution is 2.23. The third kappa shape index (κ3) is 3.85. The predicted octanol–water partition coefficient (Wildman–Crippen LogP) is 1.92. The number of ether oxygens (including phenoxy) is 1. The van der Waals surface area contributed by atoms with E-state index in [1.165, 1.54) is 0 Å². The fraction of sp³-hybridized carbons (Fsp3) is 0.500. The molecule has 0 unspecified atom stereocenters. The smallest absolute Gasteiger partial charge is 0.226 e. The van der Waals surface area contributed by atoms with Crippen LogP contribution in [0.2, 0.25) is 5.02 Å². The standard InChI is InChI=1S/C14H19ClN2O2/c15-12-3-1-2-4-13(12)19-8-6-14(18)17-7-5-11(9-16)10-17/h1-4,11H,5-10,16H2/t11-/m0/s1. The van der Waals surface area contributed by atoms with Crippen molar-refractivity contribution in [1.82, 2.24) is 4.90 Å². The van der Waals surface area contributed by atoms with E-state index < -0.39 is 0 Å². The van der Waals surface area contributed by atoms with E-state index in [1.807, 2.05) is 17.0 Å². The Labute approximate surface area is 118 Å². The number of likely N-dealkylation sites (tertiary alicyclic amines) is 1. The third-order valence-corrected chi connectivity index (χ3v) is 3.69. The van der Waals surface area contributed by atoms with E-state index in [9.17, 15) is 4.79 Å². The van der Waals surface area contributed by atoms with Crippen molar-refractivity contribution in [3.8, 4) is 5.75 Å². The molecule has 0 radical (unpaired) electrons. The van der Waals surface area contributed by atoms with E-state index in [2.05, 4.69) is 0 Å². The molecule has 1 saturated heterocycles. The topological polar surface area (TPSA) is 55.6 Å². The number of halogens is 1. The van der Waals surface area contributed by atoms with Crippen LogP contribution in [0.25, 0.3) is 0 Å². The Morgan fingerprint density at radius 1 is 1.47 bits per heavy atom. The maximum atomic E-state index is 12.0. The van der Waals surface area contributed by atoms with E-state index in [0.717, 1.165) is 19.5 Å². The van der Waals surface area contributed by atoms with Gasteiger partial charge < -0.3 is 15.4 Å². The molecule has 1 aromatic carbocycles. The van der Waals surface area contributed by atoms with Crippen LogP contribution in [-0.2, 0) is 4.79 Å². The Morgan fingerprint density at radius 2 is 2.26 bits per heavy atom. The molecule has 1 atom stereocenters. The zero-order chi connectivity index (χ0) is 13.7. The molecular formula is C14H19ClN2O2. The van der Waals surface area contributed by atoms with Gasteiger partial charge in [-0.15, -0.1) is 0 Å². The molecule has 19 heavy (non-hydrogen) atoms. The second kappa shape index (κ2) is 6.78. The second-order valence-electron chi connectivity index (χ2n) is 4.76. The maximum Gasteiger partial charge on any atom is 0.226 e. The second-order valence-corrected chi connectivity index (χ2v) is 5.17. The molecule has 0 spiro atoms. The van der Waals surface area contributed by atoms with Gasteiger partial charge in [-0.25, -0.2) is 0 Å². The first-order chi connectivity index (χ1) is 9.20. The van der Waals surface area contributed by atoms with Crippen LogP contribution >= 0.6 is 11.6 Å². The number of carbonyl (C=O) groups excluding carboxylic acids is 1. The zero-order valence-corrected chi connectivity index (χ0v) is 11.6. The molecule has 104 valence electrons. The summed E-state index contributed by atoms with van der Waals surface area (Å²) in [5.41, 5.74) is 5.61. The largest absolute Gasteiger partial charge is 0.491 e. The Morgan fingerprint density at radius 3 is 2.95 bits per heavy atom. The average Bonchev–Trinajstić information content (AvgIpc) is 2.90. The van der Waals surface area contributed by atoms with E-state index in [-0.39, 0.29) is 5.91 Å². The van der Waals surface area contributed by atoms with Crippen molar-refractivity contribution in [3.05, 3.63) is 29.3 Å². The van der Waals surface area contributed by atoms with Crippen molar-refractivity contribution in [2.45, 2.75) is 12.8 Å². The van der Waals surface area contributed by atoms with Crippen molar-refractivity contribution in [3.63, 3.8) is 0 Å². The molecule has 4 nitrogen and oxygen atoms in total. The van der Waals surface area contributed by atoms with Crippen LogP contribution in [0.15, 0.2) is 24.3 Å². The van der Waals surface area contributed by atoms with Crippen molar-refractivity contribution >= 4 is 17.5 Å². The molecule has 0 saturated carbocycles. The summed E-state index contributed by atoms with van der Waals surface area (Å²) < 4.78 is 5.52. The van der Waals surface area contributed by atoms with Crippen LogP contribution in [0.5, 0.6) is 5.75 Å². The SMILES string of the molecule is NC[C@@H]1CCN(C(=O)CCOc2ccccc2Cl)C1. The van der Waals surface area contributed by atoms with Crippen LogP contribution in [0, 0.1) is 5.92 Å². The Bertz CT molecular complexity index is 439. The molecule has 0 aromatic heterocycles. The Kier molecular flexibility index (Phi) is 5.05. The molecule has 0 aliphatic carbocycles. The lowest BCUT2D eigenvalue weighted by Gasteiger charge is -2.16. The molecular weight excluding hydrogens is 264 g/mol. The van der Waals surface area contributed by atoms with Crippen molar-refractivity contribution in [2.24, 2.45) is 11.7 Å². The van der Waals surface area contributed by atoms with Gasteiger partial charge in [-0.3, -0.25) is 4.79 Å². The van der Waals surface area contributed by atoms with Crippen molar-refractivity contribution in [2.75, 3.05) is 26.2 Å². The van der Waals surface area contributed by atoms with Gasteiger partial charge in [0.25, 0.3) is 0 Å². The predicted molar refractivity (Wildman–Crippen MR) is 75.3 cm³/mol. The summed E-state index contributed by atoms with van der Waals surface area (Å²) in [6, 6.07) is 7.27. The van der Waals surface area contributed by atoms with Gasteiger partial charge in [0.15, 0.2) is 0 Å². The highest BCUT2D eigenvalue weighted by atomic mass is 35.5. The summed E-state index contributed by atoms with van der Waals surface area (Å²) in [7, 11) is 0. The van der Waals surface area contributed by atoms with Gasteiger partial charge in [0.1, 0.15) is 5.75 Å². The van der Waals surface area contributed by atoms with E-state index >= 15 is 0 Å². The van der Waals surface area contributed by atoms with Gasteiger partial charge in [0.05, 0.1) is 18.1 Å². The molecule has 1 aliphatic rings. The number of nitrogens with two attached hydrogens (primary N) is 1. The van der Waals surface area contributed by atoms with Gasteiger partial charge in [0, 0.05) is 13.1 Å². The molecule has 1 aliphatic heterocycles. The number of hydrogen-bond donors (Lipinski definition) is 1. The van der Waals surface area contributed by atoms with E-state index in [1.54, 1.807) is 12.1 Å². The van der Waals surface area contributed by atoms with Crippen molar-refractivity contribution in [1.29, 1.82) is 0 Å². The van der Waals surface area contributed by atoms with Crippen LogP contribution in [-0.4, -0.2) is 37.0 Å². The van der Waals surface area contributed by atoms with Crippen LogP contribution < -0.4 is 10.5 Å². The summed E-state index contributed by atoms with van der Waals surface area (Å²) in [6.45, 7) is 2.60. The summed E-state index contributed by atoms with van der Waals surface area (Å²) in [4.78, 5) is 13.8. The average molecular weight is 283 g/mol. The number of para-hydroxylation sites is 1. The number of amides is 1. The summed E-state index contributed by atoms with van der Waals surface area (Å²) in [5, 5.41) is 0.569. The normalized spacial score (nSPS) is 18.6. The first-order valence-corrected chi connectivity index (χ1v) is 6.93. The fourth-order valence-electron chi connectivity index (χ4n) is 2.22. The van der Waals surface area contributed by atoms with Crippen LogP contribution in [0.1, 0.15) is 12.8 Å². The van der Waals surface area contributed by atoms with Crippen LogP contribution in [0.4, 0.5) is 0 Å². The zero-order valence-electron chi connectivity index (χ0n) is 10.8. The monoisotopic (exact) mass is 282 g/mol. The fourth-order valence-corrected chi connectivity index (χ4v) is 2.41. The van der Waals surface area contributed by atoms with Crippen molar-refractivity contribution < 1.29 is 9.53 Å². The molecule has 1 fully saturated rings.